The fourth-order valence-corrected chi connectivity index (χ4v) is 2.92. The normalized spacial score (nSPS) is 26.2. The van der Waals surface area contributed by atoms with Crippen molar-refractivity contribution in [1.29, 1.82) is 0 Å². The van der Waals surface area contributed by atoms with E-state index >= 15 is 0 Å². The monoisotopic (exact) mass is 238 g/mol. The van der Waals surface area contributed by atoms with Gasteiger partial charge in [-0.25, -0.2) is 0 Å². The Balaban J connectivity index is 2.22. The third-order valence-corrected chi connectivity index (χ3v) is 3.67. The van der Waals surface area contributed by atoms with E-state index in [-0.39, 0.29) is 0 Å². The van der Waals surface area contributed by atoms with Crippen LogP contribution < -0.4 is 5.32 Å². The molecule has 1 aromatic rings. The van der Waals surface area contributed by atoms with E-state index in [2.05, 4.69) is 29.4 Å². The zero-order valence-corrected chi connectivity index (χ0v) is 10.7. The molecule has 1 aliphatic rings. The Morgan fingerprint density at radius 1 is 1.50 bits per heavy atom. The van der Waals surface area contributed by atoms with Crippen LogP contribution in [-0.4, -0.2) is 32.1 Å². The first-order valence-electron chi connectivity index (χ1n) is 5.82. The topological polar surface area (TPSA) is 15.3 Å². The fourth-order valence-electron chi connectivity index (χ4n) is 2.72. The average molecular weight is 239 g/mol. The van der Waals surface area contributed by atoms with Crippen LogP contribution in [0.1, 0.15) is 18.0 Å². The Kier molecular flexibility index (Phi) is 3.85. The molecule has 0 amide bonds. The lowest BCUT2D eigenvalue weighted by Gasteiger charge is -2.25. The Labute approximate surface area is 103 Å². The smallest absolute Gasteiger partial charge is 0.0409 e. The lowest BCUT2D eigenvalue weighted by Crippen LogP contribution is -2.26. The summed E-state index contributed by atoms with van der Waals surface area (Å²) in [5.41, 5.74) is 1.34. The van der Waals surface area contributed by atoms with Gasteiger partial charge in [0.2, 0.25) is 0 Å². The molecule has 2 unspecified atom stereocenters. The Hall–Kier alpha value is -0.570. The van der Waals surface area contributed by atoms with Crippen LogP contribution in [0.5, 0.6) is 0 Å². The minimum atomic E-state index is 0.506. The third kappa shape index (κ3) is 2.40. The van der Waals surface area contributed by atoms with Gasteiger partial charge in [0, 0.05) is 11.1 Å². The van der Waals surface area contributed by atoms with Gasteiger partial charge in [-0.3, -0.25) is 4.90 Å². The first-order chi connectivity index (χ1) is 7.72. The first kappa shape index (κ1) is 11.9. The summed E-state index contributed by atoms with van der Waals surface area (Å²) in [4.78, 5) is 2.42. The van der Waals surface area contributed by atoms with E-state index in [0.717, 1.165) is 11.6 Å². The molecule has 1 fully saturated rings. The molecular formula is C13H19ClN2. The Morgan fingerprint density at radius 3 is 3.00 bits per heavy atom. The predicted molar refractivity (Wildman–Crippen MR) is 68.9 cm³/mol. The summed E-state index contributed by atoms with van der Waals surface area (Å²) < 4.78 is 0. The number of hydrogen-bond acceptors (Lipinski definition) is 2. The molecule has 1 heterocycles. The van der Waals surface area contributed by atoms with Gasteiger partial charge < -0.3 is 5.32 Å². The van der Waals surface area contributed by atoms with Gasteiger partial charge in [0.1, 0.15) is 0 Å². The Morgan fingerprint density at radius 2 is 2.31 bits per heavy atom. The molecule has 2 atom stereocenters. The lowest BCUT2D eigenvalue weighted by molar-refractivity contribution is 0.274. The molecule has 0 radical (unpaired) electrons. The summed E-state index contributed by atoms with van der Waals surface area (Å²) >= 11 is 6.06. The molecule has 3 heteroatoms. The van der Waals surface area contributed by atoms with Gasteiger partial charge in [-0.05, 0) is 57.2 Å². The van der Waals surface area contributed by atoms with Gasteiger partial charge >= 0.3 is 0 Å². The van der Waals surface area contributed by atoms with Crippen molar-refractivity contribution in [2.24, 2.45) is 5.92 Å². The maximum atomic E-state index is 6.06. The highest BCUT2D eigenvalue weighted by atomic mass is 35.5. The van der Waals surface area contributed by atoms with Crippen LogP contribution >= 0.6 is 11.6 Å². The number of benzene rings is 1. The van der Waals surface area contributed by atoms with Crippen LogP contribution in [0.15, 0.2) is 24.3 Å². The second-order valence-electron chi connectivity index (χ2n) is 4.59. The maximum absolute atomic E-state index is 6.06. The minimum absolute atomic E-state index is 0.506. The number of likely N-dealkylation sites (tertiary alicyclic amines) is 1. The second-order valence-corrected chi connectivity index (χ2v) is 5.02. The molecule has 2 rings (SSSR count). The number of nitrogens with zero attached hydrogens (tertiary/aromatic N) is 1. The Bertz CT molecular complexity index is 352. The van der Waals surface area contributed by atoms with Crippen molar-refractivity contribution in [2.45, 2.75) is 12.5 Å². The van der Waals surface area contributed by atoms with Crippen molar-refractivity contribution in [3.05, 3.63) is 34.9 Å². The molecule has 0 aromatic heterocycles. The lowest BCUT2D eigenvalue weighted by atomic mass is 9.94. The van der Waals surface area contributed by atoms with Crippen LogP contribution in [0.2, 0.25) is 5.02 Å². The van der Waals surface area contributed by atoms with Gasteiger partial charge in [0.05, 0.1) is 0 Å². The van der Waals surface area contributed by atoms with Crippen LogP contribution in [0.3, 0.4) is 0 Å². The van der Waals surface area contributed by atoms with Crippen molar-refractivity contribution >= 4 is 11.6 Å². The van der Waals surface area contributed by atoms with Crippen molar-refractivity contribution in [1.82, 2.24) is 10.2 Å². The highest BCUT2D eigenvalue weighted by molar-refractivity contribution is 6.30. The zero-order chi connectivity index (χ0) is 11.5. The summed E-state index contributed by atoms with van der Waals surface area (Å²) in [5.74, 6) is 0.688. The molecule has 16 heavy (non-hydrogen) atoms. The molecule has 2 nitrogen and oxygen atoms in total. The average Bonchev–Trinajstić information content (AvgIpc) is 2.60. The standard InChI is InChI=1S/C13H19ClN2/c1-15-9-11-6-7-16(2)13(11)10-4-3-5-12(14)8-10/h3-5,8,11,13,15H,6-7,9H2,1-2H3. The van der Waals surface area contributed by atoms with Gasteiger partial charge in [0.25, 0.3) is 0 Å². The number of nitrogens with one attached hydrogen (secondary N) is 1. The van der Waals surface area contributed by atoms with Crippen molar-refractivity contribution < 1.29 is 0 Å². The van der Waals surface area contributed by atoms with E-state index in [1.54, 1.807) is 0 Å². The van der Waals surface area contributed by atoms with E-state index in [9.17, 15) is 0 Å². The zero-order valence-electron chi connectivity index (χ0n) is 9.91. The molecule has 0 spiro atoms. The number of halogens is 1. The first-order valence-corrected chi connectivity index (χ1v) is 6.20. The van der Waals surface area contributed by atoms with Crippen molar-refractivity contribution in [3.8, 4) is 0 Å². The minimum Gasteiger partial charge on any atom is -0.319 e. The summed E-state index contributed by atoms with van der Waals surface area (Å²) in [6, 6.07) is 8.76. The number of rotatable bonds is 3. The fraction of sp³-hybridized carbons (Fsp3) is 0.538. The molecule has 0 saturated carbocycles. The highest BCUT2D eigenvalue weighted by Crippen LogP contribution is 2.36. The summed E-state index contributed by atoms with van der Waals surface area (Å²) in [6.45, 7) is 2.24. The summed E-state index contributed by atoms with van der Waals surface area (Å²) in [7, 11) is 4.22. The molecule has 1 N–H and O–H groups in total. The van der Waals surface area contributed by atoms with Crippen molar-refractivity contribution in [2.75, 3.05) is 27.2 Å². The van der Waals surface area contributed by atoms with E-state index < -0.39 is 0 Å². The maximum Gasteiger partial charge on any atom is 0.0409 e. The van der Waals surface area contributed by atoms with Crippen molar-refractivity contribution in [3.63, 3.8) is 0 Å². The molecule has 0 aliphatic carbocycles. The van der Waals surface area contributed by atoms with E-state index in [1.165, 1.54) is 18.5 Å². The second kappa shape index (κ2) is 5.17. The SMILES string of the molecule is CNCC1CCN(C)C1c1cccc(Cl)c1. The quantitative estimate of drug-likeness (QED) is 0.871. The van der Waals surface area contributed by atoms with Gasteiger partial charge in [-0.2, -0.15) is 0 Å². The van der Waals surface area contributed by atoms with E-state index in [0.29, 0.717) is 12.0 Å². The van der Waals surface area contributed by atoms with Gasteiger partial charge in [-0.15, -0.1) is 0 Å². The van der Waals surface area contributed by atoms with Gasteiger partial charge in [0.15, 0.2) is 0 Å². The van der Waals surface area contributed by atoms with Gasteiger partial charge in [-0.1, -0.05) is 23.7 Å². The summed E-state index contributed by atoms with van der Waals surface area (Å²) in [6.07, 6.45) is 1.26. The largest absolute Gasteiger partial charge is 0.319 e. The van der Waals surface area contributed by atoms with Crippen LogP contribution in [0, 0.1) is 5.92 Å². The van der Waals surface area contributed by atoms with E-state index in [1.807, 2.05) is 19.2 Å². The molecule has 1 aliphatic heterocycles. The van der Waals surface area contributed by atoms with Crippen LogP contribution in [0.25, 0.3) is 0 Å². The molecule has 88 valence electrons. The van der Waals surface area contributed by atoms with E-state index in [4.69, 9.17) is 11.6 Å². The number of hydrogen-bond donors (Lipinski definition) is 1. The summed E-state index contributed by atoms with van der Waals surface area (Å²) in [5, 5.41) is 4.12. The predicted octanol–water partition coefficient (Wildman–Crippen LogP) is 2.55. The van der Waals surface area contributed by atoms with Crippen LogP contribution in [-0.2, 0) is 0 Å². The molecule has 0 bridgehead atoms. The molecule has 1 saturated heterocycles. The third-order valence-electron chi connectivity index (χ3n) is 3.43. The molecular weight excluding hydrogens is 220 g/mol. The highest BCUT2D eigenvalue weighted by Gasteiger charge is 2.32. The van der Waals surface area contributed by atoms with Crippen LogP contribution in [0.4, 0.5) is 0 Å². The molecule has 1 aromatic carbocycles.